The Bertz CT molecular complexity index is 606. The monoisotopic (exact) mass is 295 g/mol. The van der Waals surface area contributed by atoms with Gasteiger partial charge in [0, 0.05) is 29.1 Å². The first kappa shape index (κ1) is 12.6. The minimum atomic E-state index is 0.289. The first-order valence-electron chi connectivity index (χ1n) is 6.04. The Labute approximate surface area is 120 Å². The SMILES string of the molecule is Cc1cc(N2Cc3sc(N)nc3C(C)C2)nc(Cl)n1. The van der Waals surface area contributed by atoms with Crippen LogP contribution in [0.1, 0.15) is 29.1 Å². The Kier molecular flexibility index (Phi) is 3.06. The van der Waals surface area contributed by atoms with Crippen LogP contribution in [0.25, 0.3) is 0 Å². The third-order valence-electron chi connectivity index (χ3n) is 3.18. The number of hydrogen-bond acceptors (Lipinski definition) is 6. The highest BCUT2D eigenvalue weighted by Gasteiger charge is 2.27. The van der Waals surface area contributed by atoms with Crippen LogP contribution >= 0.6 is 22.9 Å². The maximum Gasteiger partial charge on any atom is 0.224 e. The molecule has 0 fully saturated rings. The van der Waals surface area contributed by atoms with Crippen LogP contribution in [-0.4, -0.2) is 21.5 Å². The maximum atomic E-state index is 5.93. The summed E-state index contributed by atoms with van der Waals surface area (Å²) in [5, 5.41) is 0.924. The average molecular weight is 296 g/mol. The van der Waals surface area contributed by atoms with E-state index in [1.165, 1.54) is 4.88 Å². The largest absolute Gasteiger partial charge is 0.375 e. The topological polar surface area (TPSA) is 67.9 Å². The van der Waals surface area contributed by atoms with Crippen LogP contribution in [0, 0.1) is 6.92 Å². The van der Waals surface area contributed by atoms with Gasteiger partial charge in [0.1, 0.15) is 5.82 Å². The number of nitrogens with two attached hydrogens (primary N) is 1. The molecule has 0 bridgehead atoms. The summed E-state index contributed by atoms with van der Waals surface area (Å²) in [5.74, 6) is 1.20. The zero-order valence-corrected chi connectivity index (χ0v) is 12.3. The van der Waals surface area contributed by atoms with Crippen molar-refractivity contribution in [3.05, 3.63) is 27.6 Å². The zero-order chi connectivity index (χ0) is 13.6. The van der Waals surface area contributed by atoms with E-state index in [4.69, 9.17) is 17.3 Å². The van der Waals surface area contributed by atoms with Gasteiger partial charge in [-0.2, -0.15) is 0 Å². The summed E-state index contributed by atoms with van der Waals surface area (Å²) in [4.78, 5) is 16.2. The van der Waals surface area contributed by atoms with Crippen LogP contribution in [-0.2, 0) is 6.54 Å². The van der Waals surface area contributed by atoms with E-state index >= 15 is 0 Å². The summed E-state index contributed by atoms with van der Waals surface area (Å²) >= 11 is 7.48. The van der Waals surface area contributed by atoms with E-state index < -0.39 is 0 Å². The van der Waals surface area contributed by atoms with E-state index in [0.717, 1.165) is 30.3 Å². The first-order chi connectivity index (χ1) is 9.02. The van der Waals surface area contributed by atoms with Gasteiger partial charge in [0.15, 0.2) is 5.13 Å². The van der Waals surface area contributed by atoms with Crippen LogP contribution in [0.2, 0.25) is 5.28 Å². The average Bonchev–Trinajstić information content (AvgIpc) is 2.69. The van der Waals surface area contributed by atoms with E-state index in [2.05, 4.69) is 26.8 Å². The molecular formula is C12H14ClN5S. The predicted molar refractivity (Wildman–Crippen MR) is 77.8 cm³/mol. The fourth-order valence-electron chi connectivity index (χ4n) is 2.39. The molecule has 3 heterocycles. The highest BCUT2D eigenvalue weighted by molar-refractivity contribution is 7.15. The molecule has 2 N–H and O–H groups in total. The minimum Gasteiger partial charge on any atom is -0.375 e. The van der Waals surface area contributed by atoms with Crippen molar-refractivity contribution >= 4 is 33.9 Å². The number of nitrogen functional groups attached to an aromatic ring is 1. The van der Waals surface area contributed by atoms with Gasteiger partial charge in [0.05, 0.1) is 12.2 Å². The van der Waals surface area contributed by atoms with Crippen LogP contribution in [0.3, 0.4) is 0 Å². The van der Waals surface area contributed by atoms with Gasteiger partial charge < -0.3 is 10.6 Å². The smallest absolute Gasteiger partial charge is 0.224 e. The standard InChI is InChI=1S/C12H14ClN5S/c1-6-4-18(5-8-10(6)17-12(14)19-8)9-3-7(2)15-11(13)16-9/h3,6H,4-5H2,1-2H3,(H2,14,17). The molecule has 1 aliphatic rings. The number of halogens is 1. The number of aryl methyl sites for hydroxylation is 1. The number of aromatic nitrogens is 3. The van der Waals surface area contributed by atoms with Gasteiger partial charge in [-0.05, 0) is 18.5 Å². The Balaban J connectivity index is 1.96. The van der Waals surface area contributed by atoms with E-state index in [1.54, 1.807) is 11.3 Å². The quantitative estimate of drug-likeness (QED) is 0.819. The Morgan fingerprint density at radius 2 is 2.21 bits per heavy atom. The van der Waals surface area contributed by atoms with Crippen LogP contribution in [0.5, 0.6) is 0 Å². The van der Waals surface area contributed by atoms with Crippen molar-refractivity contribution in [2.24, 2.45) is 0 Å². The van der Waals surface area contributed by atoms with Gasteiger partial charge in [-0.15, -0.1) is 11.3 Å². The number of hydrogen-bond donors (Lipinski definition) is 1. The molecule has 2 aromatic heterocycles. The fraction of sp³-hybridized carbons (Fsp3) is 0.417. The number of thiazole rings is 1. The molecule has 19 heavy (non-hydrogen) atoms. The van der Waals surface area contributed by atoms with E-state index in [9.17, 15) is 0 Å². The van der Waals surface area contributed by atoms with Crippen molar-refractivity contribution in [1.82, 2.24) is 15.0 Å². The van der Waals surface area contributed by atoms with Crippen molar-refractivity contribution in [1.29, 1.82) is 0 Å². The van der Waals surface area contributed by atoms with E-state index in [0.29, 0.717) is 11.0 Å². The van der Waals surface area contributed by atoms with Gasteiger partial charge in [-0.25, -0.2) is 15.0 Å². The summed E-state index contributed by atoms with van der Waals surface area (Å²) in [6, 6.07) is 1.95. The van der Waals surface area contributed by atoms with Crippen LogP contribution in [0.15, 0.2) is 6.07 Å². The summed E-state index contributed by atoms with van der Waals surface area (Å²) in [6.07, 6.45) is 0. The molecule has 7 heteroatoms. The molecule has 0 saturated carbocycles. The number of fused-ring (bicyclic) bond motifs is 1. The number of rotatable bonds is 1. The summed E-state index contributed by atoms with van der Waals surface area (Å²) in [7, 11) is 0. The third kappa shape index (κ3) is 2.37. The lowest BCUT2D eigenvalue weighted by Crippen LogP contribution is -2.32. The first-order valence-corrected chi connectivity index (χ1v) is 7.23. The molecule has 0 saturated heterocycles. The summed E-state index contributed by atoms with van der Waals surface area (Å²) < 4.78 is 0. The van der Waals surface area contributed by atoms with Gasteiger partial charge in [-0.3, -0.25) is 0 Å². The molecule has 0 aliphatic carbocycles. The molecule has 2 aromatic rings. The zero-order valence-electron chi connectivity index (χ0n) is 10.7. The summed E-state index contributed by atoms with van der Waals surface area (Å²) in [5.41, 5.74) is 7.79. The lowest BCUT2D eigenvalue weighted by Gasteiger charge is -2.31. The molecule has 0 aromatic carbocycles. The Hall–Kier alpha value is -1.40. The Morgan fingerprint density at radius 1 is 1.42 bits per heavy atom. The highest BCUT2D eigenvalue weighted by Crippen LogP contribution is 2.34. The molecule has 100 valence electrons. The van der Waals surface area contributed by atoms with E-state index in [-0.39, 0.29) is 5.28 Å². The second-order valence-electron chi connectivity index (χ2n) is 4.78. The number of nitrogens with zero attached hydrogens (tertiary/aromatic N) is 4. The van der Waals surface area contributed by atoms with Gasteiger partial charge in [0.2, 0.25) is 5.28 Å². The molecule has 0 spiro atoms. The molecular weight excluding hydrogens is 282 g/mol. The predicted octanol–water partition coefficient (Wildman–Crippen LogP) is 2.60. The highest BCUT2D eigenvalue weighted by atomic mass is 35.5. The third-order valence-corrected chi connectivity index (χ3v) is 4.23. The normalized spacial score (nSPS) is 18.5. The minimum absolute atomic E-state index is 0.289. The van der Waals surface area contributed by atoms with Crippen LogP contribution < -0.4 is 10.6 Å². The maximum absolute atomic E-state index is 5.93. The van der Waals surface area contributed by atoms with Gasteiger partial charge in [-0.1, -0.05) is 6.92 Å². The molecule has 5 nitrogen and oxygen atoms in total. The molecule has 1 aliphatic heterocycles. The summed E-state index contributed by atoms with van der Waals surface area (Å²) in [6.45, 7) is 5.71. The molecule has 1 unspecified atom stereocenters. The molecule has 3 rings (SSSR count). The lowest BCUT2D eigenvalue weighted by molar-refractivity contribution is 0.626. The van der Waals surface area contributed by atoms with Gasteiger partial charge in [0.25, 0.3) is 0 Å². The van der Waals surface area contributed by atoms with Crippen molar-refractivity contribution in [3.63, 3.8) is 0 Å². The molecule has 0 radical (unpaired) electrons. The van der Waals surface area contributed by atoms with Crippen molar-refractivity contribution < 1.29 is 0 Å². The number of anilines is 2. The van der Waals surface area contributed by atoms with E-state index in [1.807, 2.05) is 13.0 Å². The lowest BCUT2D eigenvalue weighted by atomic mass is 10.0. The second-order valence-corrected chi connectivity index (χ2v) is 6.23. The van der Waals surface area contributed by atoms with Crippen LogP contribution in [0.4, 0.5) is 10.9 Å². The second kappa shape index (κ2) is 4.61. The fourth-order valence-corrected chi connectivity index (χ4v) is 3.58. The van der Waals surface area contributed by atoms with Crippen molar-refractivity contribution in [2.75, 3.05) is 17.2 Å². The van der Waals surface area contributed by atoms with Crippen molar-refractivity contribution in [3.8, 4) is 0 Å². The molecule has 1 atom stereocenters. The molecule has 0 amide bonds. The van der Waals surface area contributed by atoms with Gasteiger partial charge >= 0.3 is 0 Å². The Morgan fingerprint density at radius 3 is 2.95 bits per heavy atom. The van der Waals surface area contributed by atoms with Crippen molar-refractivity contribution in [2.45, 2.75) is 26.3 Å².